The van der Waals surface area contributed by atoms with Crippen LogP contribution in [0.4, 0.5) is 5.69 Å². The summed E-state index contributed by atoms with van der Waals surface area (Å²) < 4.78 is 7.57. The summed E-state index contributed by atoms with van der Waals surface area (Å²) in [4.78, 5) is 3.71. The third-order valence-electron chi connectivity index (χ3n) is 3.38. The lowest BCUT2D eigenvalue weighted by Crippen LogP contribution is -2.08. The fourth-order valence-corrected chi connectivity index (χ4v) is 2.37. The first kappa shape index (κ1) is 15.8. The van der Waals surface area contributed by atoms with E-state index in [-0.39, 0.29) is 0 Å². The van der Waals surface area contributed by atoms with Crippen molar-refractivity contribution in [2.75, 3.05) is 25.6 Å². The van der Waals surface area contributed by atoms with Gasteiger partial charge in [-0.3, -0.25) is 0 Å². The van der Waals surface area contributed by atoms with Gasteiger partial charge >= 0.3 is 0 Å². The second kappa shape index (κ2) is 6.99. The van der Waals surface area contributed by atoms with Gasteiger partial charge in [0.05, 0.1) is 5.69 Å². The van der Waals surface area contributed by atoms with E-state index in [0.717, 1.165) is 28.2 Å². The lowest BCUT2D eigenvalue weighted by atomic mass is 10.3. The molecule has 0 saturated heterocycles. The molecular formula is C17H17IN4O. The maximum atomic E-state index is 5.64. The molecule has 3 aromatic rings. The van der Waals surface area contributed by atoms with E-state index in [2.05, 4.69) is 37.7 Å². The summed E-state index contributed by atoms with van der Waals surface area (Å²) in [6, 6.07) is 13.9. The molecule has 0 spiro atoms. The number of benzene rings is 2. The minimum atomic E-state index is 0.550. The van der Waals surface area contributed by atoms with Crippen LogP contribution in [0.1, 0.15) is 0 Å². The van der Waals surface area contributed by atoms with Gasteiger partial charge in [0, 0.05) is 25.8 Å². The van der Waals surface area contributed by atoms with E-state index in [1.807, 2.05) is 66.7 Å². The fourth-order valence-electron chi connectivity index (χ4n) is 2.16. The van der Waals surface area contributed by atoms with Gasteiger partial charge in [-0.05, 0) is 46.6 Å². The van der Waals surface area contributed by atoms with E-state index in [4.69, 9.17) is 4.74 Å². The predicted octanol–water partition coefficient (Wildman–Crippen LogP) is 3.81. The van der Waals surface area contributed by atoms with Crippen LogP contribution in [-0.2, 0) is 0 Å². The maximum Gasteiger partial charge on any atom is 0.122 e. The standard InChI is InChI=1S/C17H17IN4O/c1-21(2)13-4-6-14(7-5-13)22-19-16-9-8-15(12-17(16)20-22)23-11-3-10-18/h3-10,12H,11H2,1-2H3/b10-3+/i18-4. The maximum absolute atomic E-state index is 5.64. The highest BCUT2D eigenvalue weighted by molar-refractivity contribution is 14.1. The van der Waals surface area contributed by atoms with Crippen molar-refractivity contribution in [3.63, 3.8) is 0 Å². The minimum absolute atomic E-state index is 0.550. The van der Waals surface area contributed by atoms with Gasteiger partial charge in [0.25, 0.3) is 0 Å². The molecule has 23 heavy (non-hydrogen) atoms. The van der Waals surface area contributed by atoms with Gasteiger partial charge in [-0.25, -0.2) is 0 Å². The van der Waals surface area contributed by atoms with Crippen LogP contribution in [0, 0.1) is 0 Å². The molecule has 0 aliphatic heterocycles. The summed E-state index contributed by atoms with van der Waals surface area (Å²) in [6.07, 6.45) is 1.95. The Bertz CT molecular complexity index is 824. The van der Waals surface area contributed by atoms with Gasteiger partial charge < -0.3 is 9.64 Å². The molecule has 1 heterocycles. The van der Waals surface area contributed by atoms with Crippen molar-refractivity contribution in [3.8, 4) is 11.4 Å². The Morgan fingerprint density at radius 2 is 1.83 bits per heavy atom. The summed E-state index contributed by atoms with van der Waals surface area (Å²) in [6.45, 7) is 0.550. The number of fused-ring (bicyclic) bond motifs is 1. The van der Waals surface area contributed by atoms with Crippen LogP contribution in [0.3, 0.4) is 0 Å². The fraction of sp³-hybridized carbons (Fsp3) is 0.176. The van der Waals surface area contributed by atoms with Crippen LogP contribution in [-0.4, -0.2) is 35.7 Å². The summed E-state index contributed by atoms with van der Waals surface area (Å²) in [5, 5.41) is 9.06. The average Bonchev–Trinajstić information content (AvgIpc) is 2.98. The molecule has 118 valence electrons. The molecule has 0 amide bonds. The second-order valence-corrected chi connectivity index (χ2v) is 5.94. The number of aromatic nitrogens is 3. The average molecular weight is 416 g/mol. The molecule has 0 atom stereocenters. The number of nitrogens with zero attached hydrogens (tertiary/aromatic N) is 4. The van der Waals surface area contributed by atoms with E-state index in [0.29, 0.717) is 6.61 Å². The monoisotopic (exact) mass is 416 g/mol. The zero-order valence-corrected chi connectivity index (χ0v) is 15.1. The van der Waals surface area contributed by atoms with Crippen molar-refractivity contribution in [1.82, 2.24) is 15.0 Å². The summed E-state index contributed by atoms with van der Waals surface area (Å²) in [5.41, 5.74) is 3.74. The smallest absolute Gasteiger partial charge is 0.122 e. The Hall–Kier alpha value is -2.09. The van der Waals surface area contributed by atoms with E-state index in [9.17, 15) is 0 Å². The highest BCUT2D eigenvalue weighted by atomic mass is 123. The normalized spacial score (nSPS) is 11.3. The molecule has 0 radical (unpaired) electrons. The second-order valence-electron chi connectivity index (χ2n) is 5.22. The third kappa shape index (κ3) is 3.64. The molecule has 0 fully saturated rings. The van der Waals surface area contributed by atoms with Crippen LogP contribution in [0.25, 0.3) is 16.7 Å². The van der Waals surface area contributed by atoms with E-state index >= 15 is 0 Å². The Morgan fingerprint density at radius 3 is 2.52 bits per heavy atom. The van der Waals surface area contributed by atoms with Gasteiger partial charge in [-0.1, -0.05) is 22.6 Å². The van der Waals surface area contributed by atoms with E-state index in [1.165, 1.54) is 0 Å². The van der Waals surface area contributed by atoms with Crippen LogP contribution >= 0.6 is 22.6 Å². The molecule has 0 bridgehead atoms. The molecule has 0 aliphatic rings. The lowest BCUT2D eigenvalue weighted by molar-refractivity contribution is 0.363. The van der Waals surface area contributed by atoms with Gasteiger partial charge in [-0.15, -0.1) is 10.2 Å². The van der Waals surface area contributed by atoms with Crippen molar-refractivity contribution in [2.24, 2.45) is 0 Å². The van der Waals surface area contributed by atoms with Crippen molar-refractivity contribution >= 4 is 39.3 Å². The Labute approximate surface area is 148 Å². The number of anilines is 1. The van der Waals surface area contributed by atoms with Gasteiger partial charge in [0.1, 0.15) is 23.4 Å². The summed E-state index contributed by atoms with van der Waals surface area (Å²) >= 11 is 2.17. The Morgan fingerprint density at radius 1 is 1.09 bits per heavy atom. The van der Waals surface area contributed by atoms with E-state index < -0.39 is 0 Å². The van der Waals surface area contributed by atoms with Crippen LogP contribution in [0.15, 0.2) is 52.6 Å². The van der Waals surface area contributed by atoms with Crippen molar-refractivity contribution in [3.05, 3.63) is 52.6 Å². The molecule has 3 rings (SSSR count). The number of rotatable bonds is 5. The molecule has 6 heteroatoms. The molecule has 1 aromatic heterocycles. The number of hydrogen-bond donors (Lipinski definition) is 0. The molecule has 0 unspecified atom stereocenters. The summed E-state index contributed by atoms with van der Waals surface area (Å²) in [7, 11) is 4.04. The summed E-state index contributed by atoms with van der Waals surface area (Å²) in [5.74, 6) is 0.794. The quantitative estimate of drug-likeness (QED) is 0.594. The van der Waals surface area contributed by atoms with Crippen LogP contribution in [0.5, 0.6) is 5.75 Å². The van der Waals surface area contributed by atoms with Gasteiger partial charge in [-0.2, -0.15) is 4.80 Å². The highest BCUT2D eigenvalue weighted by Crippen LogP contribution is 2.20. The first-order valence-electron chi connectivity index (χ1n) is 7.20. The first-order valence-corrected chi connectivity index (χ1v) is 8.45. The molecule has 2 aromatic carbocycles. The number of ether oxygens (including phenoxy) is 1. The third-order valence-corrected chi connectivity index (χ3v) is 3.89. The van der Waals surface area contributed by atoms with E-state index in [1.54, 1.807) is 4.80 Å². The van der Waals surface area contributed by atoms with Gasteiger partial charge in [0.2, 0.25) is 0 Å². The largest absolute Gasteiger partial charge is 0.489 e. The first-order chi connectivity index (χ1) is 11.2. The molecule has 0 aliphatic carbocycles. The zero-order chi connectivity index (χ0) is 16.2. The van der Waals surface area contributed by atoms with Crippen molar-refractivity contribution in [1.29, 1.82) is 0 Å². The predicted molar refractivity (Wildman–Crippen MR) is 102 cm³/mol. The Balaban J connectivity index is 1.87. The van der Waals surface area contributed by atoms with Crippen molar-refractivity contribution < 1.29 is 4.74 Å². The molecule has 0 saturated carbocycles. The topological polar surface area (TPSA) is 43.2 Å². The zero-order valence-electron chi connectivity index (χ0n) is 13.0. The Kier molecular flexibility index (Phi) is 4.80. The van der Waals surface area contributed by atoms with Gasteiger partial charge in [0.15, 0.2) is 0 Å². The highest BCUT2D eigenvalue weighted by Gasteiger charge is 2.06. The minimum Gasteiger partial charge on any atom is -0.489 e. The number of halogens is 1. The molecule has 5 nitrogen and oxygen atoms in total. The molecule has 0 N–H and O–H groups in total. The lowest BCUT2D eigenvalue weighted by Gasteiger charge is -2.12. The van der Waals surface area contributed by atoms with Crippen LogP contribution < -0.4 is 9.64 Å². The van der Waals surface area contributed by atoms with Crippen molar-refractivity contribution in [2.45, 2.75) is 0 Å². The number of hydrogen-bond acceptors (Lipinski definition) is 4. The SMILES string of the molecule is CN(C)c1ccc(-n2nc3ccc(OC/C=C/[123I])cc3n2)cc1. The molecular weight excluding hydrogens is 399 g/mol. The van der Waals surface area contributed by atoms with Crippen LogP contribution in [0.2, 0.25) is 0 Å².